The van der Waals surface area contributed by atoms with E-state index >= 15 is 0 Å². The van der Waals surface area contributed by atoms with Crippen molar-refractivity contribution in [3.05, 3.63) is 93.0 Å². The number of nitro benzene ring substituents is 2. The van der Waals surface area contributed by atoms with Gasteiger partial charge in [-0.15, -0.1) is 0 Å². The quantitative estimate of drug-likeness (QED) is 0.0319. The molecule has 0 aliphatic rings. The summed E-state index contributed by atoms with van der Waals surface area (Å²) in [5.41, 5.74) is 1.27. The molecule has 53 heavy (non-hydrogen) atoms. The molecule has 3 aromatic rings. The van der Waals surface area contributed by atoms with Crippen molar-refractivity contribution >= 4 is 46.1 Å². The third-order valence-electron chi connectivity index (χ3n) is 9.31. The number of esters is 2. The zero-order chi connectivity index (χ0) is 39.0. The highest BCUT2D eigenvalue weighted by atomic mass is 16.6. The maximum atomic E-state index is 13.2. The lowest BCUT2D eigenvalue weighted by Crippen LogP contribution is -2.39. The molecule has 0 aromatic heterocycles. The maximum Gasteiger partial charge on any atom is 0.311 e. The minimum absolute atomic E-state index is 0.0119. The first-order chi connectivity index (χ1) is 25.2. The van der Waals surface area contributed by atoms with E-state index in [1.54, 1.807) is 26.0 Å². The number of non-ortho nitro benzene ring substituents is 2. The van der Waals surface area contributed by atoms with Gasteiger partial charge in [0.25, 0.3) is 11.4 Å². The van der Waals surface area contributed by atoms with Crippen LogP contribution in [0.5, 0.6) is 0 Å². The molecule has 0 saturated carbocycles. The molecule has 0 heterocycles. The number of nitrogens with zero attached hydrogens (tertiary/aromatic N) is 6. The van der Waals surface area contributed by atoms with Crippen molar-refractivity contribution < 1.29 is 28.9 Å². The highest BCUT2D eigenvalue weighted by Gasteiger charge is 2.43. The Kier molecular flexibility index (Phi) is 15.9. The lowest BCUT2D eigenvalue weighted by molar-refractivity contribution is -0.385. The summed E-state index contributed by atoms with van der Waals surface area (Å²) in [6.45, 7) is 11.8. The normalized spacial score (nSPS) is 12.6. The molecule has 3 rings (SSSR count). The SMILES string of the molecule is CCN(CCOC(=O)C(C)(C)CC(C)(CC)C(=O)OCCCCCCN(C)c1ccc([N+](=O)[O-])cc1)c1ccc(N=Nc2ccc([N+](=O)[O-])cc2)cc1. The minimum Gasteiger partial charge on any atom is -0.465 e. The van der Waals surface area contributed by atoms with Gasteiger partial charge in [-0.1, -0.05) is 13.3 Å². The summed E-state index contributed by atoms with van der Waals surface area (Å²) in [6, 6.07) is 19.8. The van der Waals surface area contributed by atoms with Crippen LogP contribution in [0, 0.1) is 31.1 Å². The third-order valence-corrected chi connectivity index (χ3v) is 9.31. The van der Waals surface area contributed by atoms with Crippen LogP contribution in [-0.2, 0) is 19.1 Å². The Morgan fingerprint density at radius 1 is 0.679 bits per heavy atom. The van der Waals surface area contributed by atoms with Crippen LogP contribution < -0.4 is 9.80 Å². The van der Waals surface area contributed by atoms with Crippen molar-refractivity contribution in [2.24, 2.45) is 21.1 Å². The summed E-state index contributed by atoms with van der Waals surface area (Å²) in [5.74, 6) is -0.687. The van der Waals surface area contributed by atoms with Gasteiger partial charge in [0.05, 0.1) is 45.2 Å². The fourth-order valence-corrected chi connectivity index (χ4v) is 5.89. The Balaban J connectivity index is 1.39. The van der Waals surface area contributed by atoms with Crippen LogP contribution in [0.2, 0.25) is 0 Å². The van der Waals surface area contributed by atoms with Crippen molar-refractivity contribution in [3.63, 3.8) is 0 Å². The minimum atomic E-state index is -0.910. The second-order valence-corrected chi connectivity index (χ2v) is 13.9. The second-order valence-electron chi connectivity index (χ2n) is 13.9. The van der Waals surface area contributed by atoms with Crippen molar-refractivity contribution in [2.45, 2.75) is 73.1 Å². The average Bonchev–Trinajstić information content (AvgIpc) is 3.15. The highest BCUT2D eigenvalue weighted by molar-refractivity contribution is 5.80. The van der Waals surface area contributed by atoms with Crippen molar-refractivity contribution in [1.29, 1.82) is 0 Å². The number of rotatable bonds is 22. The average molecular weight is 733 g/mol. The Morgan fingerprint density at radius 3 is 1.70 bits per heavy atom. The van der Waals surface area contributed by atoms with E-state index in [1.807, 2.05) is 52.1 Å². The molecule has 286 valence electrons. The van der Waals surface area contributed by atoms with Gasteiger partial charge in [0.1, 0.15) is 6.61 Å². The number of unbranched alkanes of at least 4 members (excludes halogenated alkanes) is 3. The van der Waals surface area contributed by atoms with Crippen LogP contribution in [0.3, 0.4) is 0 Å². The van der Waals surface area contributed by atoms with Crippen LogP contribution in [0.25, 0.3) is 0 Å². The zero-order valence-corrected chi connectivity index (χ0v) is 31.7. The molecule has 0 radical (unpaired) electrons. The number of hydrogen-bond acceptors (Lipinski definition) is 12. The Morgan fingerprint density at radius 2 is 1.17 bits per heavy atom. The van der Waals surface area contributed by atoms with Crippen LogP contribution in [0.15, 0.2) is 83.0 Å². The number of anilines is 2. The molecule has 0 aliphatic heterocycles. The van der Waals surface area contributed by atoms with Gasteiger partial charge in [0, 0.05) is 55.8 Å². The van der Waals surface area contributed by atoms with Crippen molar-refractivity contribution in [1.82, 2.24) is 0 Å². The molecule has 0 bridgehead atoms. The molecule has 14 heteroatoms. The van der Waals surface area contributed by atoms with Gasteiger partial charge < -0.3 is 19.3 Å². The number of likely N-dealkylation sites (N-methyl/N-ethyl adjacent to an activating group) is 1. The van der Waals surface area contributed by atoms with Gasteiger partial charge in [-0.2, -0.15) is 10.2 Å². The largest absolute Gasteiger partial charge is 0.465 e. The summed E-state index contributed by atoms with van der Waals surface area (Å²) in [5, 5.41) is 30.1. The number of carbonyl (C=O) groups excluding carboxylic acids is 2. The Labute approximate surface area is 311 Å². The zero-order valence-electron chi connectivity index (χ0n) is 31.7. The molecular formula is C39H52N6O8. The monoisotopic (exact) mass is 732 g/mol. The van der Waals surface area contributed by atoms with Crippen molar-refractivity contribution in [3.8, 4) is 0 Å². The second kappa shape index (κ2) is 20.0. The predicted molar refractivity (Wildman–Crippen MR) is 205 cm³/mol. The van der Waals surface area contributed by atoms with E-state index in [1.165, 1.54) is 36.4 Å². The Hall–Kier alpha value is -5.40. The van der Waals surface area contributed by atoms with Crippen molar-refractivity contribution in [2.75, 3.05) is 49.7 Å². The number of azo groups is 1. The molecule has 3 aromatic carbocycles. The molecule has 0 saturated heterocycles. The number of ether oxygens (including phenoxy) is 2. The molecule has 0 spiro atoms. The summed E-state index contributed by atoms with van der Waals surface area (Å²) < 4.78 is 11.4. The number of nitro groups is 2. The van der Waals surface area contributed by atoms with E-state index in [4.69, 9.17) is 9.47 Å². The maximum absolute atomic E-state index is 13.2. The standard InChI is InChI=1S/C39H52N6O8/c1-7-39(5,37(47)52-27-12-10-9-11-25-42(6)32-21-23-35(24-22-32)45(50)51)29-38(3,4)36(46)53-28-26-43(8-2)33-17-13-30(14-18-33)40-41-31-15-19-34(20-16-31)44(48)49/h13-24H,7-12,25-29H2,1-6H3. The smallest absolute Gasteiger partial charge is 0.311 e. The number of benzene rings is 3. The first-order valence-corrected chi connectivity index (χ1v) is 18.0. The molecule has 0 aliphatic carbocycles. The molecule has 0 fully saturated rings. The van der Waals surface area contributed by atoms with Crippen LogP contribution >= 0.6 is 0 Å². The summed E-state index contributed by atoms with van der Waals surface area (Å²) in [6.07, 6.45) is 4.34. The molecule has 14 nitrogen and oxygen atoms in total. The third kappa shape index (κ3) is 13.0. The summed E-state index contributed by atoms with van der Waals surface area (Å²) >= 11 is 0. The van der Waals surface area contributed by atoms with Gasteiger partial charge in [-0.05, 0) is 108 Å². The van der Waals surface area contributed by atoms with E-state index in [2.05, 4.69) is 20.0 Å². The lowest BCUT2D eigenvalue weighted by atomic mass is 9.72. The van der Waals surface area contributed by atoms with Gasteiger partial charge in [-0.3, -0.25) is 29.8 Å². The fraction of sp³-hybridized carbons (Fsp3) is 0.487. The van der Waals surface area contributed by atoms with Crippen LogP contribution in [0.1, 0.15) is 73.1 Å². The highest BCUT2D eigenvalue weighted by Crippen LogP contribution is 2.38. The number of carbonyl (C=O) groups is 2. The summed E-state index contributed by atoms with van der Waals surface area (Å²) in [4.78, 5) is 51.4. The lowest BCUT2D eigenvalue weighted by Gasteiger charge is -2.34. The first kappa shape index (κ1) is 42.0. The molecular weight excluding hydrogens is 680 g/mol. The number of hydrogen-bond donors (Lipinski definition) is 0. The van der Waals surface area contributed by atoms with Gasteiger partial charge in [-0.25, -0.2) is 0 Å². The Bertz CT molecular complexity index is 1680. The molecule has 1 atom stereocenters. The topological polar surface area (TPSA) is 170 Å². The van der Waals surface area contributed by atoms with Gasteiger partial charge in [0.2, 0.25) is 0 Å². The summed E-state index contributed by atoms with van der Waals surface area (Å²) in [7, 11) is 1.96. The molecule has 0 amide bonds. The van der Waals surface area contributed by atoms with E-state index in [0.29, 0.717) is 37.5 Å². The van der Waals surface area contributed by atoms with Gasteiger partial charge >= 0.3 is 11.9 Å². The van der Waals surface area contributed by atoms with E-state index in [-0.39, 0.29) is 36.3 Å². The predicted octanol–water partition coefficient (Wildman–Crippen LogP) is 9.36. The van der Waals surface area contributed by atoms with Crippen LogP contribution in [0.4, 0.5) is 34.1 Å². The first-order valence-electron chi connectivity index (χ1n) is 18.0. The molecule has 1 unspecified atom stereocenters. The fourth-order valence-electron chi connectivity index (χ4n) is 5.89. The van der Waals surface area contributed by atoms with Gasteiger partial charge in [0.15, 0.2) is 0 Å². The van der Waals surface area contributed by atoms with Crippen LogP contribution in [-0.4, -0.2) is 61.7 Å². The van der Waals surface area contributed by atoms with E-state index < -0.39 is 20.7 Å². The van der Waals surface area contributed by atoms with E-state index in [0.717, 1.165) is 43.6 Å². The molecule has 0 N–H and O–H groups in total. The van der Waals surface area contributed by atoms with E-state index in [9.17, 15) is 29.8 Å².